The predicted octanol–water partition coefficient (Wildman–Crippen LogP) is 12.2. The number of H-pyrrole nitrogens is 1. The quantitative estimate of drug-likeness (QED) is 0.166. The third-order valence-corrected chi connectivity index (χ3v) is 9.18. The Morgan fingerprint density at radius 2 is 1.08 bits per heavy atom. The largest absolute Gasteiger partial charge is 0.803 e. The van der Waals surface area contributed by atoms with Crippen molar-refractivity contribution in [1.82, 2.24) is 9.55 Å². The average Bonchev–Trinajstić information content (AvgIpc) is 3.73. The summed E-state index contributed by atoms with van der Waals surface area (Å²) in [6, 6.07) is 60.6. The normalized spacial score (nSPS) is 11.3. The van der Waals surface area contributed by atoms with E-state index in [0.29, 0.717) is 0 Å². The summed E-state index contributed by atoms with van der Waals surface area (Å²) in [7, 11) is 1.72. The zero-order valence-corrected chi connectivity index (χ0v) is 31.1. The van der Waals surface area contributed by atoms with Crippen LogP contribution in [0.4, 0.5) is 0 Å². The number of nitrogens with zero attached hydrogens (tertiary/aromatic N) is 3. The molecule has 0 saturated heterocycles. The van der Waals surface area contributed by atoms with Crippen LogP contribution in [0.1, 0.15) is 11.1 Å². The van der Waals surface area contributed by atoms with Gasteiger partial charge in [0.2, 0.25) is 0 Å². The second-order valence-corrected chi connectivity index (χ2v) is 12.2. The van der Waals surface area contributed by atoms with E-state index in [9.17, 15) is 5.41 Å². The monoisotopic (exact) mass is 731 g/mol. The first-order valence-corrected chi connectivity index (χ1v) is 16.8. The van der Waals surface area contributed by atoms with Crippen LogP contribution in [0, 0.1) is 0 Å². The summed E-state index contributed by atoms with van der Waals surface area (Å²) >= 11 is 0. The molecule has 0 saturated carbocycles. The fraction of sp³-hybridized carbons (Fsp3) is 0.0217. The SMILES string of the molecule is C[N-]/C(=C\C(=[N-])c1ccccc1)c1ccccc1.[Y].c1ccc(-n2c3ccccc3c3ccc(-c4ccc5[nH]c6ccccc6c5c4)cc32)cc1. The Bertz CT molecular complexity index is 2640. The van der Waals surface area contributed by atoms with Gasteiger partial charge in [-0.3, -0.25) is 0 Å². The van der Waals surface area contributed by atoms with Gasteiger partial charge in [0.05, 0.1) is 11.0 Å². The van der Waals surface area contributed by atoms with Gasteiger partial charge < -0.3 is 20.3 Å². The number of para-hydroxylation sites is 3. The minimum Gasteiger partial charge on any atom is -0.803 e. The van der Waals surface area contributed by atoms with Crippen LogP contribution in [-0.4, -0.2) is 22.3 Å². The molecule has 2 heterocycles. The van der Waals surface area contributed by atoms with Gasteiger partial charge in [-0.25, -0.2) is 0 Å². The van der Waals surface area contributed by atoms with Crippen LogP contribution < -0.4 is 0 Å². The molecule has 5 heteroatoms. The number of aromatic amines is 1. The molecule has 0 atom stereocenters. The van der Waals surface area contributed by atoms with Crippen LogP contribution >= 0.6 is 0 Å². The second-order valence-electron chi connectivity index (χ2n) is 12.2. The Balaban J connectivity index is 0.000000184. The van der Waals surface area contributed by atoms with E-state index in [-0.39, 0.29) is 38.4 Å². The fourth-order valence-electron chi connectivity index (χ4n) is 6.74. The number of fused-ring (bicyclic) bond motifs is 6. The predicted molar refractivity (Wildman–Crippen MR) is 213 cm³/mol. The van der Waals surface area contributed by atoms with Crippen LogP contribution in [0.15, 0.2) is 182 Å². The van der Waals surface area contributed by atoms with E-state index in [1.54, 1.807) is 13.1 Å². The Morgan fingerprint density at radius 3 is 1.80 bits per heavy atom. The van der Waals surface area contributed by atoms with Crippen LogP contribution in [0.5, 0.6) is 0 Å². The Hall–Kier alpha value is -5.55. The molecule has 4 nitrogen and oxygen atoms in total. The number of hydrogen-bond acceptors (Lipinski definition) is 0. The summed E-state index contributed by atoms with van der Waals surface area (Å²) < 4.78 is 2.37. The maximum atomic E-state index is 10.1. The van der Waals surface area contributed by atoms with Crippen molar-refractivity contribution in [3.8, 4) is 16.8 Å². The fourth-order valence-corrected chi connectivity index (χ4v) is 6.74. The molecule has 2 aromatic heterocycles. The third-order valence-electron chi connectivity index (χ3n) is 9.18. The molecule has 243 valence electrons. The second kappa shape index (κ2) is 15.1. The van der Waals surface area contributed by atoms with E-state index in [2.05, 4.69) is 130 Å². The standard InChI is InChI=1S/C30H20N2.C16H14N2.Y/c1-2-8-22(9-3-1)32-29-13-7-5-11-24(29)25-16-14-21(19-30(25)32)20-15-17-28-26(18-20)23-10-4-6-12-27(23)31-28;1-18-16(14-10-6-3-7-11-14)12-15(17)13-8-4-2-5-9-13;/h1-19,31H;2-12H,1H3;/q;-2;/b;16-12-;. The average molecular weight is 732 g/mol. The van der Waals surface area contributed by atoms with E-state index in [1.165, 1.54) is 60.4 Å². The minimum absolute atomic E-state index is 0. The molecule has 0 bridgehead atoms. The number of allylic oxidation sites excluding steroid dienone is 1. The number of aromatic nitrogens is 2. The molecule has 0 aliphatic heterocycles. The molecule has 0 amide bonds. The Labute approximate surface area is 322 Å². The summed E-state index contributed by atoms with van der Waals surface area (Å²) in [5, 5.41) is 19.4. The summed E-state index contributed by atoms with van der Waals surface area (Å²) in [6.45, 7) is 0. The van der Waals surface area contributed by atoms with Crippen molar-refractivity contribution in [3.63, 3.8) is 0 Å². The van der Waals surface area contributed by atoms with E-state index >= 15 is 0 Å². The van der Waals surface area contributed by atoms with Gasteiger partial charge in [0.15, 0.2) is 0 Å². The van der Waals surface area contributed by atoms with Crippen molar-refractivity contribution < 1.29 is 32.7 Å². The molecule has 0 aliphatic rings. The molecule has 0 spiro atoms. The Kier molecular flexibility index (Phi) is 10.1. The molecule has 0 fully saturated rings. The third kappa shape index (κ3) is 6.81. The zero-order valence-electron chi connectivity index (χ0n) is 28.2. The zero-order chi connectivity index (χ0) is 33.9. The number of nitrogens with one attached hydrogen (secondary N) is 1. The number of hydrogen-bond donors (Lipinski definition) is 1. The minimum atomic E-state index is 0. The van der Waals surface area contributed by atoms with Crippen molar-refractivity contribution in [1.29, 1.82) is 0 Å². The molecule has 9 rings (SSSR count). The molecule has 7 aromatic carbocycles. The maximum Gasteiger partial charge on any atom is 0.0547 e. The van der Waals surface area contributed by atoms with Gasteiger partial charge in [0.25, 0.3) is 0 Å². The summed E-state index contributed by atoms with van der Waals surface area (Å²) in [5.74, 6) is 0. The van der Waals surface area contributed by atoms with Crippen LogP contribution in [0.25, 0.3) is 76.8 Å². The van der Waals surface area contributed by atoms with Crippen molar-refractivity contribution >= 4 is 55.0 Å². The van der Waals surface area contributed by atoms with Crippen molar-refractivity contribution in [3.05, 3.63) is 204 Å². The smallest absolute Gasteiger partial charge is 0.0547 e. The Morgan fingerprint density at radius 1 is 0.529 bits per heavy atom. The molecule has 51 heavy (non-hydrogen) atoms. The maximum absolute atomic E-state index is 10.1. The molecule has 0 aliphatic carbocycles. The molecule has 1 N–H and O–H groups in total. The van der Waals surface area contributed by atoms with Crippen LogP contribution in [0.3, 0.4) is 0 Å². The summed E-state index contributed by atoms with van der Waals surface area (Å²) in [6.07, 6.45) is 1.69. The van der Waals surface area contributed by atoms with Gasteiger partial charge in [0, 0.05) is 71.0 Å². The molecule has 1 radical (unpaired) electrons. The summed E-state index contributed by atoms with van der Waals surface area (Å²) in [5.41, 5.74) is 11.2. The number of rotatable bonds is 6. The van der Waals surface area contributed by atoms with E-state index in [4.69, 9.17) is 0 Å². The number of benzene rings is 7. The van der Waals surface area contributed by atoms with Crippen LogP contribution in [-0.2, 0) is 32.7 Å². The molecular weight excluding hydrogens is 697 g/mol. The first-order valence-electron chi connectivity index (χ1n) is 16.8. The van der Waals surface area contributed by atoms with E-state index in [1.807, 2.05) is 60.7 Å². The van der Waals surface area contributed by atoms with Crippen molar-refractivity contribution in [2.24, 2.45) is 0 Å². The van der Waals surface area contributed by atoms with Gasteiger partial charge in [-0.2, -0.15) is 5.71 Å². The first-order chi connectivity index (χ1) is 24.7. The van der Waals surface area contributed by atoms with Gasteiger partial charge in [0.1, 0.15) is 0 Å². The molecule has 9 aromatic rings. The topological polar surface area (TPSA) is 57.1 Å². The van der Waals surface area contributed by atoms with Gasteiger partial charge in [-0.15, -0.1) is 12.7 Å². The summed E-state index contributed by atoms with van der Waals surface area (Å²) in [4.78, 5) is 3.53. The molecule has 0 unspecified atom stereocenters. The first kappa shape index (κ1) is 33.9. The van der Waals surface area contributed by atoms with Crippen molar-refractivity contribution in [2.75, 3.05) is 7.05 Å². The molecular formula is C46H34N4Y-2. The van der Waals surface area contributed by atoms with E-state index < -0.39 is 0 Å². The van der Waals surface area contributed by atoms with Crippen LogP contribution in [0.2, 0.25) is 0 Å². The van der Waals surface area contributed by atoms with Crippen molar-refractivity contribution in [2.45, 2.75) is 0 Å². The van der Waals surface area contributed by atoms with Gasteiger partial charge >= 0.3 is 0 Å². The van der Waals surface area contributed by atoms with Gasteiger partial charge in [-0.05, 0) is 64.7 Å². The van der Waals surface area contributed by atoms with E-state index in [0.717, 1.165) is 16.8 Å². The van der Waals surface area contributed by atoms with Gasteiger partial charge in [-0.1, -0.05) is 140 Å².